The summed E-state index contributed by atoms with van der Waals surface area (Å²) in [4.78, 5) is 0.257. The molecule has 2 N–H and O–H groups in total. The number of rotatable bonds is 7. The molecule has 1 aliphatic carbocycles. The van der Waals surface area contributed by atoms with Crippen LogP contribution in [0.25, 0.3) is 0 Å². The maximum Gasteiger partial charge on any atom is 0.240 e. The van der Waals surface area contributed by atoms with E-state index in [1.165, 1.54) is 25.7 Å². The lowest BCUT2D eigenvalue weighted by atomic mass is 10.0. The van der Waals surface area contributed by atoms with Gasteiger partial charge in [0.25, 0.3) is 0 Å². The summed E-state index contributed by atoms with van der Waals surface area (Å²) in [6.45, 7) is 2.15. The standard InChI is InChI=1S/C16H25NO3S/c1-13(18)15-8-10-16(11-9-15)21(19,20)17-12-4-7-14-5-2-3-6-14/h8-11,13-14,17-18H,2-7,12H2,1H3. The number of sulfonamides is 1. The van der Waals surface area contributed by atoms with Gasteiger partial charge < -0.3 is 5.11 Å². The van der Waals surface area contributed by atoms with Gasteiger partial charge in [-0.05, 0) is 43.4 Å². The van der Waals surface area contributed by atoms with Crippen molar-refractivity contribution in [3.05, 3.63) is 29.8 Å². The van der Waals surface area contributed by atoms with Crippen LogP contribution in [0.2, 0.25) is 0 Å². The number of aliphatic hydroxyl groups excluding tert-OH is 1. The molecule has 0 saturated heterocycles. The van der Waals surface area contributed by atoms with Crippen LogP contribution >= 0.6 is 0 Å². The Morgan fingerprint density at radius 2 is 1.86 bits per heavy atom. The van der Waals surface area contributed by atoms with Crippen molar-refractivity contribution in [1.82, 2.24) is 4.72 Å². The second-order valence-electron chi connectivity index (χ2n) is 5.94. The van der Waals surface area contributed by atoms with Crippen molar-refractivity contribution in [3.63, 3.8) is 0 Å². The number of hydrogen-bond donors (Lipinski definition) is 2. The molecule has 0 heterocycles. The van der Waals surface area contributed by atoms with E-state index >= 15 is 0 Å². The molecule has 1 unspecified atom stereocenters. The van der Waals surface area contributed by atoms with Gasteiger partial charge >= 0.3 is 0 Å². The maximum absolute atomic E-state index is 12.1. The Morgan fingerprint density at radius 3 is 2.43 bits per heavy atom. The third-order valence-corrected chi connectivity index (χ3v) is 5.71. The molecular formula is C16H25NO3S. The number of benzene rings is 1. The van der Waals surface area contributed by atoms with E-state index < -0.39 is 16.1 Å². The predicted molar refractivity (Wildman–Crippen MR) is 83.5 cm³/mol. The van der Waals surface area contributed by atoms with Gasteiger partial charge in [0.1, 0.15) is 0 Å². The summed E-state index contributed by atoms with van der Waals surface area (Å²) in [6, 6.07) is 6.39. The molecule has 0 radical (unpaired) electrons. The number of nitrogens with one attached hydrogen (secondary N) is 1. The lowest BCUT2D eigenvalue weighted by Gasteiger charge is -2.10. The largest absolute Gasteiger partial charge is 0.389 e. The van der Waals surface area contributed by atoms with Crippen molar-refractivity contribution in [2.24, 2.45) is 5.92 Å². The molecule has 2 rings (SSSR count). The van der Waals surface area contributed by atoms with E-state index in [-0.39, 0.29) is 4.90 Å². The molecule has 0 amide bonds. The fraction of sp³-hybridized carbons (Fsp3) is 0.625. The molecule has 1 atom stereocenters. The van der Waals surface area contributed by atoms with Gasteiger partial charge in [-0.2, -0.15) is 0 Å². The maximum atomic E-state index is 12.1. The van der Waals surface area contributed by atoms with Crippen LogP contribution in [0.5, 0.6) is 0 Å². The fourth-order valence-electron chi connectivity index (χ4n) is 2.91. The molecule has 0 bridgehead atoms. The summed E-state index contributed by atoms with van der Waals surface area (Å²) in [5.74, 6) is 0.792. The molecule has 5 heteroatoms. The van der Waals surface area contributed by atoms with Crippen molar-refractivity contribution < 1.29 is 13.5 Å². The third kappa shape index (κ3) is 4.80. The molecule has 1 aliphatic rings. The minimum absolute atomic E-state index is 0.257. The Bertz CT molecular complexity index is 531. The highest BCUT2D eigenvalue weighted by molar-refractivity contribution is 7.89. The first-order valence-electron chi connectivity index (χ1n) is 7.77. The highest BCUT2D eigenvalue weighted by atomic mass is 32.2. The first-order chi connectivity index (χ1) is 9.99. The lowest BCUT2D eigenvalue weighted by molar-refractivity contribution is 0.199. The molecule has 0 aliphatic heterocycles. The zero-order valence-corrected chi connectivity index (χ0v) is 13.4. The zero-order valence-electron chi connectivity index (χ0n) is 12.6. The second-order valence-corrected chi connectivity index (χ2v) is 7.70. The summed E-state index contributed by atoms with van der Waals surface area (Å²) in [5, 5.41) is 9.43. The SMILES string of the molecule is CC(O)c1ccc(S(=O)(=O)NCCCC2CCCC2)cc1. The summed E-state index contributed by atoms with van der Waals surface area (Å²) in [5.41, 5.74) is 0.718. The quantitative estimate of drug-likeness (QED) is 0.761. The van der Waals surface area contributed by atoms with E-state index in [9.17, 15) is 13.5 Å². The highest BCUT2D eigenvalue weighted by Crippen LogP contribution is 2.28. The topological polar surface area (TPSA) is 66.4 Å². The molecule has 0 aromatic heterocycles. The van der Waals surface area contributed by atoms with Crippen LogP contribution in [-0.4, -0.2) is 20.1 Å². The first kappa shape index (κ1) is 16.5. The van der Waals surface area contributed by atoms with E-state index in [4.69, 9.17) is 0 Å². The molecule has 4 nitrogen and oxygen atoms in total. The average molecular weight is 311 g/mol. The fourth-order valence-corrected chi connectivity index (χ4v) is 3.98. The lowest BCUT2D eigenvalue weighted by Crippen LogP contribution is -2.25. The zero-order chi connectivity index (χ0) is 15.3. The van der Waals surface area contributed by atoms with Crippen LogP contribution in [0.1, 0.15) is 57.1 Å². The van der Waals surface area contributed by atoms with Gasteiger partial charge in [-0.15, -0.1) is 0 Å². The van der Waals surface area contributed by atoms with Crippen LogP contribution in [0.15, 0.2) is 29.2 Å². The van der Waals surface area contributed by atoms with Gasteiger partial charge in [-0.1, -0.05) is 37.8 Å². The van der Waals surface area contributed by atoms with Gasteiger partial charge in [0.15, 0.2) is 0 Å². The summed E-state index contributed by atoms with van der Waals surface area (Å²) < 4.78 is 26.9. The molecule has 1 fully saturated rings. The average Bonchev–Trinajstić information content (AvgIpc) is 2.97. The Morgan fingerprint density at radius 1 is 1.24 bits per heavy atom. The normalized spacial score (nSPS) is 18.0. The van der Waals surface area contributed by atoms with Crippen LogP contribution in [0.3, 0.4) is 0 Å². The molecule has 118 valence electrons. The summed E-state index contributed by atoms with van der Waals surface area (Å²) >= 11 is 0. The molecule has 1 aromatic rings. The van der Waals surface area contributed by atoms with Crippen molar-refractivity contribution >= 4 is 10.0 Å². The van der Waals surface area contributed by atoms with Gasteiger partial charge in [0, 0.05) is 6.54 Å². The molecule has 1 saturated carbocycles. The van der Waals surface area contributed by atoms with E-state index in [1.807, 2.05) is 0 Å². The van der Waals surface area contributed by atoms with E-state index in [0.29, 0.717) is 6.54 Å². The van der Waals surface area contributed by atoms with Gasteiger partial charge in [0.05, 0.1) is 11.0 Å². The van der Waals surface area contributed by atoms with Crippen LogP contribution in [-0.2, 0) is 10.0 Å². The Hall–Kier alpha value is -0.910. The van der Waals surface area contributed by atoms with Crippen LogP contribution in [0, 0.1) is 5.92 Å². The summed E-state index contributed by atoms with van der Waals surface area (Å²) in [7, 11) is -3.43. The monoisotopic (exact) mass is 311 g/mol. The van der Waals surface area contributed by atoms with E-state index in [0.717, 1.165) is 24.3 Å². The Labute approximate surface area is 127 Å². The molecule has 1 aromatic carbocycles. The van der Waals surface area contributed by atoms with Crippen LogP contribution < -0.4 is 4.72 Å². The van der Waals surface area contributed by atoms with Crippen molar-refractivity contribution in [1.29, 1.82) is 0 Å². The first-order valence-corrected chi connectivity index (χ1v) is 9.25. The van der Waals surface area contributed by atoms with Crippen LogP contribution in [0.4, 0.5) is 0 Å². The van der Waals surface area contributed by atoms with Gasteiger partial charge in [0.2, 0.25) is 10.0 Å². The molecule has 0 spiro atoms. The number of aliphatic hydroxyl groups is 1. The smallest absolute Gasteiger partial charge is 0.240 e. The molecule has 21 heavy (non-hydrogen) atoms. The van der Waals surface area contributed by atoms with Crippen molar-refractivity contribution in [3.8, 4) is 0 Å². The Balaban J connectivity index is 1.83. The molecular weight excluding hydrogens is 286 g/mol. The summed E-state index contributed by atoms with van der Waals surface area (Å²) in [6.07, 6.45) is 6.68. The minimum Gasteiger partial charge on any atom is -0.389 e. The number of hydrogen-bond acceptors (Lipinski definition) is 3. The highest BCUT2D eigenvalue weighted by Gasteiger charge is 2.16. The third-order valence-electron chi connectivity index (χ3n) is 4.23. The predicted octanol–water partition coefficient (Wildman–Crippen LogP) is 2.99. The van der Waals surface area contributed by atoms with Gasteiger partial charge in [-0.3, -0.25) is 0 Å². The van der Waals surface area contributed by atoms with Crippen molar-refractivity contribution in [2.45, 2.75) is 56.4 Å². The Kier molecular flexibility index (Phi) is 5.79. The second kappa shape index (κ2) is 7.38. The van der Waals surface area contributed by atoms with E-state index in [1.54, 1.807) is 31.2 Å². The minimum atomic E-state index is -3.43. The van der Waals surface area contributed by atoms with Crippen molar-refractivity contribution in [2.75, 3.05) is 6.54 Å². The van der Waals surface area contributed by atoms with Gasteiger partial charge in [-0.25, -0.2) is 13.1 Å². The van der Waals surface area contributed by atoms with E-state index in [2.05, 4.69) is 4.72 Å².